The van der Waals surface area contributed by atoms with Crippen LogP contribution < -0.4 is 5.32 Å². The maximum Gasteiger partial charge on any atom is 0.223 e. The van der Waals surface area contributed by atoms with Crippen molar-refractivity contribution >= 4 is 5.91 Å². The van der Waals surface area contributed by atoms with E-state index in [4.69, 9.17) is 0 Å². The second-order valence-corrected chi connectivity index (χ2v) is 6.98. The van der Waals surface area contributed by atoms with Crippen molar-refractivity contribution in [2.24, 2.45) is 11.3 Å². The summed E-state index contributed by atoms with van der Waals surface area (Å²) >= 11 is 0. The van der Waals surface area contributed by atoms with Crippen molar-refractivity contribution in [2.45, 2.75) is 46.1 Å². The first-order chi connectivity index (χ1) is 11.1. The maximum absolute atomic E-state index is 12.5. The van der Waals surface area contributed by atoms with Gasteiger partial charge in [0.2, 0.25) is 5.91 Å². The van der Waals surface area contributed by atoms with Crippen LogP contribution in [0.25, 0.3) is 5.82 Å². The van der Waals surface area contributed by atoms with Gasteiger partial charge in [-0.2, -0.15) is 5.10 Å². The van der Waals surface area contributed by atoms with Crippen LogP contribution in [0.15, 0.2) is 36.8 Å². The molecule has 0 aliphatic heterocycles. The molecule has 5 nitrogen and oxygen atoms in total. The van der Waals surface area contributed by atoms with Crippen LogP contribution in [0, 0.1) is 11.3 Å². The molecule has 1 aliphatic rings. The Morgan fingerprint density at radius 1 is 1.39 bits per heavy atom. The van der Waals surface area contributed by atoms with Crippen molar-refractivity contribution in [3.63, 3.8) is 0 Å². The van der Waals surface area contributed by atoms with E-state index in [2.05, 4.69) is 29.2 Å². The molecule has 0 radical (unpaired) electrons. The van der Waals surface area contributed by atoms with E-state index in [1.54, 1.807) is 17.1 Å². The summed E-state index contributed by atoms with van der Waals surface area (Å²) in [6.45, 7) is 4.94. The summed E-state index contributed by atoms with van der Waals surface area (Å²) in [5.74, 6) is 1.07. The average Bonchev–Trinajstić information content (AvgIpc) is 3.07. The highest BCUT2D eigenvalue weighted by atomic mass is 16.1. The summed E-state index contributed by atoms with van der Waals surface area (Å²) in [4.78, 5) is 16.9. The minimum atomic E-state index is 0.102. The topological polar surface area (TPSA) is 59.8 Å². The third-order valence-corrected chi connectivity index (χ3v) is 4.84. The Kier molecular flexibility index (Phi) is 4.46. The minimum Gasteiger partial charge on any atom is -0.352 e. The fourth-order valence-corrected chi connectivity index (χ4v) is 3.35. The van der Waals surface area contributed by atoms with Gasteiger partial charge in [-0.05, 0) is 36.0 Å². The highest BCUT2D eigenvalue weighted by Crippen LogP contribution is 2.40. The van der Waals surface area contributed by atoms with Gasteiger partial charge in [0.1, 0.15) is 0 Å². The van der Waals surface area contributed by atoms with E-state index in [1.807, 2.05) is 24.4 Å². The van der Waals surface area contributed by atoms with E-state index in [9.17, 15) is 4.79 Å². The lowest BCUT2D eigenvalue weighted by Crippen LogP contribution is -2.40. The molecule has 122 valence electrons. The number of amides is 1. The van der Waals surface area contributed by atoms with Crippen LogP contribution in [-0.2, 0) is 11.3 Å². The van der Waals surface area contributed by atoms with Gasteiger partial charge in [-0.1, -0.05) is 32.8 Å². The molecular weight excluding hydrogens is 288 g/mol. The molecule has 2 heterocycles. The lowest BCUT2D eigenvalue weighted by Gasteiger charge is -2.37. The number of hydrogen-bond acceptors (Lipinski definition) is 3. The average molecular weight is 312 g/mol. The largest absolute Gasteiger partial charge is 0.352 e. The normalized spacial score (nSPS) is 20.2. The quantitative estimate of drug-likeness (QED) is 0.943. The first kappa shape index (κ1) is 15.7. The van der Waals surface area contributed by atoms with Crippen LogP contribution in [-0.4, -0.2) is 20.7 Å². The van der Waals surface area contributed by atoms with Crippen LogP contribution in [0.3, 0.4) is 0 Å². The molecule has 0 aromatic carbocycles. The molecule has 3 rings (SSSR count). The first-order valence-corrected chi connectivity index (χ1v) is 8.29. The van der Waals surface area contributed by atoms with Crippen molar-refractivity contribution in [1.29, 1.82) is 0 Å². The van der Waals surface area contributed by atoms with Gasteiger partial charge in [-0.15, -0.1) is 0 Å². The lowest BCUT2D eigenvalue weighted by molar-refractivity contribution is -0.130. The Hall–Kier alpha value is -2.17. The molecule has 2 aromatic heterocycles. The highest BCUT2D eigenvalue weighted by Gasteiger charge is 2.36. The van der Waals surface area contributed by atoms with E-state index < -0.39 is 0 Å². The fraction of sp³-hybridized carbons (Fsp3) is 0.500. The predicted octanol–water partition coefficient (Wildman–Crippen LogP) is 3.10. The molecule has 1 fully saturated rings. The van der Waals surface area contributed by atoms with E-state index in [-0.39, 0.29) is 17.2 Å². The zero-order valence-electron chi connectivity index (χ0n) is 13.8. The smallest absolute Gasteiger partial charge is 0.223 e. The Balaban J connectivity index is 1.58. The summed E-state index contributed by atoms with van der Waals surface area (Å²) in [7, 11) is 0. The number of hydrogen-bond donors (Lipinski definition) is 1. The standard InChI is InChI=1S/C18H24N4O/c1-18(2)9-4-3-6-15(18)17(23)20-13-14-7-8-16(19-12-14)22-11-5-10-21-22/h5,7-8,10-12,15H,3-4,6,9,13H2,1-2H3,(H,20,23). The van der Waals surface area contributed by atoms with Crippen molar-refractivity contribution in [3.8, 4) is 5.82 Å². The lowest BCUT2D eigenvalue weighted by atomic mass is 9.68. The van der Waals surface area contributed by atoms with Gasteiger partial charge >= 0.3 is 0 Å². The molecule has 1 amide bonds. The number of nitrogens with one attached hydrogen (secondary N) is 1. The summed E-state index contributed by atoms with van der Waals surface area (Å²) in [5.41, 5.74) is 1.10. The van der Waals surface area contributed by atoms with Crippen LogP contribution >= 0.6 is 0 Å². The van der Waals surface area contributed by atoms with Crippen LogP contribution in [0.1, 0.15) is 45.1 Å². The second-order valence-electron chi connectivity index (χ2n) is 6.98. The van der Waals surface area contributed by atoms with Crippen LogP contribution in [0.5, 0.6) is 0 Å². The zero-order chi connectivity index (χ0) is 16.3. The van der Waals surface area contributed by atoms with Crippen LogP contribution in [0.2, 0.25) is 0 Å². The number of rotatable bonds is 4. The molecule has 0 spiro atoms. The van der Waals surface area contributed by atoms with Gasteiger partial charge in [0.25, 0.3) is 0 Å². The van der Waals surface area contributed by atoms with Crippen LogP contribution in [0.4, 0.5) is 0 Å². The summed E-state index contributed by atoms with van der Waals surface area (Å²) < 4.78 is 1.72. The number of nitrogens with zero attached hydrogens (tertiary/aromatic N) is 3. The molecule has 1 atom stereocenters. The van der Waals surface area contributed by atoms with Gasteiger partial charge in [-0.3, -0.25) is 4.79 Å². The zero-order valence-corrected chi connectivity index (χ0v) is 13.8. The molecular formula is C18H24N4O. The van der Waals surface area contributed by atoms with E-state index in [1.165, 1.54) is 6.42 Å². The number of aromatic nitrogens is 3. The predicted molar refractivity (Wildman–Crippen MR) is 88.9 cm³/mol. The Labute approximate surface area is 137 Å². The second kappa shape index (κ2) is 6.52. The van der Waals surface area contributed by atoms with Gasteiger partial charge in [-0.25, -0.2) is 9.67 Å². The minimum absolute atomic E-state index is 0.102. The monoisotopic (exact) mass is 312 g/mol. The first-order valence-electron chi connectivity index (χ1n) is 8.29. The number of carbonyl (C=O) groups excluding carboxylic acids is 1. The van der Waals surface area contributed by atoms with Crippen molar-refractivity contribution in [2.75, 3.05) is 0 Å². The van der Waals surface area contributed by atoms with E-state index >= 15 is 0 Å². The molecule has 23 heavy (non-hydrogen) atoms. The van der Waals surface area contributed by atoms with Crippen molar-refractivity contribution < 1.29 is 4.79 Å². The molecule has 2 aromatic rings. The molecule has 1 aliphatic carbocycles. The third-order valence-electron chi connectivity index (χ3n) is 4.84. The van der Waals surface area contributed by atoms with Gasteiger partial charge < -0.3 is 5.32 Å². The van der Waals surface area contributed by atoms with Crippen molar-refractivity contribution in [1.82, 2.24) is 20.1 Å². The summed E-state index contributed by atoms with van der Waals surface area (Å²) in [6.07, 6.45) is 9.89. The number of pyridine rings is 1. The molecule has 5 heteroatoms. The SMILES string of the molecule is CC1(C)CCCCC1C(=O)NCc1ccc(-n2cccn2)nc1. The molecule has 0 bridgehead atoms. The summed E-state index contributed by atoms with van der Waals surface area (Å²) in [5, 5.41) is 7.23. The van der Waals surface area contributed by atoms with Gasteiger partial charge in [0.05, 0.1) is 0 Å². The van der Waals surface area contributed by atoms with E-state index in [0.29, 0.717) is 6.54 Å². The fourth-order valence-electron chi connectivity index (χ4n) is 3.35. The van der Waals surface area contributed by atoms with E-state index in [0.717, 1.165) is 30.6 Å². The molecule has 0 saturated heterocycles. The Morgan fingerprint density at radius 2 is 2.26 bits per heavy atom. The Bertz CT molecular complexity index is 646. The summed E-state index contributed by atoms with van der Waals surface area (Å²) in [6, 6.07) is 5.76. The Morgan fingerprint density at radius 3 is 2.91 bits per heavy atom. The molecule has 1 N–H and O–H groups in total. The number of carbonyl (C=O) groups is 1. The highest BCUT2D eigenvalue weighted by molar-refractivity contribution is 5.79. The van der Waals surface area contributed by atoms with Gasteiger partial charge in [0.15, 0.2) is 5.82 Å². The molecule has 1 unspecified atom stereocenters. The molecule has 1 saturated carbocycles. The van der Waals surface area contributed by atoms with Crippen molar-refractivity contribution in [3.05, 3.63) is 42.4 Å². The maximum atomic E-state index is 12.5. The third kappa shape index (κ3) is 3.60. The van der Waals surface area contributed by atoms with Gasteiger partial charge in [0, 0.05) is 31.1 Å².